The normalized spacial score (nSPS) is 17.5. The Kier molecular flexibility index (Phi) is 3.20. The predicted molar refractivity (Wildman–Crippen MR) is 60.4 cm³/mol. The van der Waals surface area contributed by atoms with Gasteiger partial charge in [-0.2, -0.15) is 0 Å². The van der Waals surface area contributed by atoms with E-state index in [1.165, 1.54) is 31.2 Å². The third-order valence-electron chi connectivity index (χ3n) is 3.26. The van der Waals surface area contributed by atoms with E-state index in [2.05, 4.69) is 24.3 Å². The summed E-state index contributed by atoms with van der Waals surface area (Å²) >= 11 is 0. The van der Waals surface area contributed by atoms with Crippen LogP contribution in [-0.4, -0.2) is 6.54 Å². The maximum atomic E-state index is 5.63. The molecule has 0 atom stereocenters. The SMILES string of the molecule is NCCc1ccccc1C1CCCC1. The van der Waals surface area contributed by atoms with Gasteiger partial charge in [-0.1, -0.05) is 37.1 Å². The smallest absolute Gasteiger partial charge is 0.00366 e. The van der Waals surface area contributed by atoms with Crippen LogP contribution in [-0.2, 0) is 6.42 Å². The molecule has 0 radical (unpaired) electrons. The number of rotatable bonds is 3. The van der Waals surface area contributed by atoms with Crippen LogP contribution in [0.5, 0.6) is 0 Å². The van der Waals surface area contributed by atoms with Crippen LogP contribution in [0, 0.1) is 0 Å². The monoisotopic (exact) mass is 189 g/mol. The van der Waals surface area contributed by atoms with E-state index >= 15 is 0 Å². The maximum absolute atomic E-state index is 5.63. The summed E-state index contributed by atoms with van der Waals surface area (Å²) < 4.78 is 0. The molecule has 2 rings (SSSR count). The van der Waals surface area contributed by atoms with E-state index in [1.807, 2.05) is 0 Å². The van der Waals surface area contributed by atoms with Crippen LogP contribution in [0.3, 0.4) is 0 Å². The molecular formula is C13H19N. The van der Waals surface area contributed by atoms with Crippen LogP contribution in [0.25, 0.3) is 0 Å². The van der Waals surface area contributed by atoms with Gasteiger partial charge in [0.15, 0.2) is 0 Å². The molecule has 1 saturated carbocycles. The number of nitrogens with two attached hydrogens (primary N) is 1. The van der Waals surface area contributed by atoms with Gasteiger partial charge in [0.2, 0.25) is 0 Å². The fourth-order valence-corrected chi connectivity index (χ4v) is 2.55. The van der Waals surface area contributed by atoms with Crippen molar-refractivity contribution in [3.05, 3.63) is 35.4 Å². The van der Waals surface area contributed by atoms with Crippen molar-refractivity contribution < 1.29 is 0 Å². The van der Waals surface area contributed by atoms with Crippen LogP contribution in [0.15, 0.2) is 24.3 Å². The second kappa shape index (κ2) is 4.61. The van der Waals surface area contributed by atoms with Crippen molar-refractivity contribution in [3.8, 4) is 0 Å². The number of hydrogen-bond donors (Lipinski definition) is 1. The second-order valence-electron chi connectivity index (χ2n) is 4.22. The zero-order valence-corrected chi connectivity index (χ0v) is 8.71. The Morgan fingerprint density at radius 2 is 1.86 bits per heavy atom. The largest absolute Gasteiger partial charge is 0.330 e. The Morgan fingerprint density at radius 1 is 1.14 bits per heavy atom. The van der Waals surface area contributed by atoms with Gasteiger partial charge in [0, 0.05) is 0 Å². The first-order valence-electron chi connectivity index (χ1n) is 5.69. The molecule has 0 aromatic heterocycles. The van der Waals surface area contributed by atoms with Crippen molar-refractivity contribution in [3.63, 3.8) is 0 Å². The van der Waals surface area contributed by atoms with Gasteiger partial charge in [0.25, 0.3) is 0 Å². The Hall–Kier alpha value is -0.820. The molecule has 1 heteroatoms. The molecule has 0 amide bonds. The first-order chi connectivity index (χ1) is 6.92. The third kappa shape index (κ3) is 1.98. The van der Waals surface area contributed by atoms with Gasteiger partial charge in [0.05, 0.1) is 0 Å². The molecule has 76 valence electrons. The quantitative estimate of drug-likeness (QED) is 0.777. The average Bonchev–Trinajstić information content (AvgIpc) is 2.72. The summed E-state index contributed by atoms with van der Waals surface area (Å²) in [5, 5.41) is 0. The van der Waals surface area contributed by atoms with Crippen LogP contribution in [0.1, 0.15) is 42.7 Å². The van der Waals surface area contributed by atoms with Gasteiger partial charge in [0.1, 0.15) is 0 Å². The maximum Gasteiger partial charge on any atom is -0.00366 e. The minimum absolute atomic E-state index is 0.768. The summed E-state index contributed by atoms with van der Waals surface area (Å²) in [6.07, 6.45) is 6.60. The highest BCUT2D eigenvalue weighted by atomic mass is 14.5. The van der Waals surface area contributed by atoms with Crippen molar-refractivity contribution in [1.82, 2.24) is 0 Å². The lowest BCUT2D eigenvalue weighted by Crippen LogP contribution is -2.06. The van der Waals surface area contributed by atoms with E-state index in [0.717, 1.165) is 18.9 Å². The van der Waals surface area contributed by atoms with Crippen molar-refractivity contribution in [2.24, 2.45) is 5.73 Å². The van der Waals surface area contributed by atoms with Crippen LogP contribution in [0.4, 0.5) is 0 Å². The van der Waals surface area contributed by atoms with Gasteiger partial charge < -0.3 is 5.73 Å². The molecule has 1 aliphatic rings. The highest BCUT2D eigenvalue weighted by molar-refractivity contribution is 5.31. The van der Waals surface area contributed by atoms with Gasteiger partial charge in [-0.25, -0.2) is 0 Å². The number of hydrogen-bond acceptors (Lipinski definition) is 1. The molecule has 14 heavy (non-hydrogen) atoms. The van der Waals surface area contributed by atoms with E-state index < -0.39 is 0 Å². The molecule has 1 aliphatic carbocycles. The minimum Gasteiger partial charge on any atom is -0.330 e. The van der Waals surface area contributed by atoms with Crippen molar-refractivity contribution in [2.75, 3.05) is 6.54 Å². The van der Waals surface area contributed by atoms with Crippen molar-refractivity contribution in [2.45, 2.75) is 38.0 Å². The first-order valence-corrected chi connectivity index (χ1v) is 5.69. The Labute approximate surface area is 86.3 Å². The molecule has 0 aliphatic heterocycles. The molecule has 1 fully saturated rings. The van der Waals surface area contributed by atoms with Crippen LogP contribution in [0.2, 0.25) is 0 Å². The Morgan fingerprint density at radius 3 is 2.57 bits per heavy atom. The summed E-state index contributed by atoms with van der Waals surface area (Å²) in [5.41, 5.74) is 8.67. The zero-order valence-electron chi connectivity index (χ0n) is 8.71. The van der Waals surface area contributed by atoms with Gasteiger partial charge in [-0.3, -0.25) is 0 Å². The molecule has 0 saturated heterocycles. The Balaban J connectivity index is 2.21. The fraction of sp³-hybridized carbons (Fsp3) is 0.538. The lowest BCUT2D eigenvalue weighted by Gasteiger charge is -2.14. The molecule has 0 unspecified atom stereocenters. The topological polar surface area (TPSA) is 26.0 Å². The summed E-state index contributed by atoms with van der Waals surface area (Å²) in [4.78, 5) is 0. The predicted octanol–water partition coefficient (Wildman–Crippen LogP) is 2.85. The molecule has 1 nitrogen and oxygen atoms in total. The van der Waals surface area contributed by atoms with Crippen LogP contribution >= 0.6 is 0 Å². The van der Waals surface area contributed by atoms with Crippen molar-refractivity contribution in [1.29, 1.82) is 0 Å². The third-order valence-corrected chi connectivity index (χ3v) is 3.26. The molecular weight excluding hydrogens is 170 g/mol. The van der Waals surface area contributed by atoms with Crippen LogP contribution < -0.4 is 5.73 Å². The lowest BCUT2D eigenvalue weighted by atomic mass is 9.91. The standard InChI is InChI=1S/C13H19N/c14-10-9-12-7-3-4-8-13(12)11-5-1-2-6-11/h3-4,7-8,11H,1-2,5-6,9-10,14H2. The van der Waals surface area contributed by atoms with E-state index in [-0.39, 0.29) is 0 Å². The highest BCUT2D eigenvalue weighted by Gasteiger charge is 2.18. The molecule has 2 N–H and O–H groups in total. The molecule has 1 aromatic rings. The van der Waals surface area contributed by atoms with Gasteiger partial charge >= 0.3 is 0 Å². The fourth-order valence-electron chi connectivity index (χ4n) is 2.55. The van der Waals surface area contributed by atoms with E-state index in [4.69, 9.17) is 5.73 Å². The van der Waals surface area contributed by atoms with Gasteiger partial charge in [-0.15, -0.1) is 0 Å². The summed E-state index contributed by atoms with van der Waals surface area (Å²) in [6.45, 7) is 0.768. The molecule has 0 spiro atoms. The summed E-state index contributed by atoms with van der Waals surface area (Å²) in [6, 6.07) is 8.82. The lowest BCUT2D eigenvalue weighted by molar-refractivity contribution is 0.710. The minimum atomic E-state index is 0.768. The van der Waals surface area contributed by atoms with E-state index in [0.29, 0.717) is 0 Å². The average molecular weight is 189 g/mol. The molecule has 0 bridgehead atoms. The molecule has 0 heterocycles. The van der Waals surface area contributed by atoms with Gasteiger partial charge in [-0.05, 0) is 42.9 Å². The van der Waals surface area contributed by atoms with Crippen molar-refractivity contribution >= 4 is 0 Å². The van der Waals surface area contributed by atoms with E-state index in [9.17, 15) is 0 Å². The second-order valence-corrected chi connectivity index (χ2v) is 4.22. The summed E-state index contributed by atoms with van der Waals surface area (Å²) in [5.74, 6) is 0.817. The highest BCUT2D eigenvalue weighted by Crippen LogP contribution is 2.35. The number of benzene rings is 1. The summed E-state index contributed by atoms with van der Waals surface area (Å²) in [7, 11) is 0. The van der Waals surface area contributed by atoms with E-state index in [1.54, 1.807) is 5.56 Å². The first kappa shape index (κ1) is 9.72. The zero-order chi connectivity index (χ0) is 9.80. The Bertz CT molecular complexity index is 287. The molecule has 1 aromatic carbocycles.